The minimum atomic E-state index is -4.03. The molecule has 1 atom stereocenters. The second-order valence-corrected chi connectivity index (χ2v) is 9.80. The summed E-state index contributed by atoms with van der Waals surface area (Å²) < 4.78 is 67.0. The third-order valence-electron chi connectivity index (χ3n) is 5.48. The minimum absolute atomic E-state index is 0.0354. The first kappa shape index (κ1) is 25.5. The first-order valence-electron chi connectivity index (χ1n) is 10.5. The molecule has 1 saturated heterocycles. The van der Waals surface area contributed by atoms with Gasteiger partial charge in [0, 0.05) is 44.7 Å². The van der Waals surface area contributed by atoms with Crippen LogP contribution in [0.3, 0.4) is 0 Å². The van der Waals surface area contributed by atoms with Crippen LogP contribution in [0.2, 0.25) is 0 Å². The number of sulfonamides is 1. The number of piperazine rings is 1. The Labute approximate surface area is 195 Å². The van der Waals surface area contributed by atoms with Crippen molar-refractivity contribution in [2.24, 2.45) is 5.73 Å². The van der Waals surface area contributed by atoms with Gasteiger partial charge >= 0.3 is 6.03 Å². The molecule has 8 nitrogen and oxygen atoms in total. The summed E-state index contributed by atoms with van der Waals surface area (Å²) >= 11 is 0. The highest BCUT2D eigenvalue weighted by Gasteiger charge is 2.28. The summed E-state index contributed by atoms with van der Waals surface area (Å²) in [6, 6.07) is 5.57. The molecule has 1 aliphatic heterocycles. The van der Waals surface area contributed by atoms with Crippen molar-refractivity contribution in [1.29, 1.82) is 0 Å². The highest BCUT2D eigenvalue weighted by atomic mass is 32.2. The van der Waals surface area contributed by atoms with Crippen molar-refractivity contribution < 1.29 is 31.2 Å². The van der Waals surface area contributed by atoms with Gasteiger partial charge in [-0.25, -0.2) is 31.1 Å². The molecular formula is C22H25F3N4O4S. The third kappa shape index (κ3) is 6.26. The molecule has 34 heavy (non-hydrogen) atoms. The molecule has 0 spiro atoms. The lowest BCUT2D eigenvalue weighted by molar-refractivity contribution is -0.132. The molecule has 0 saturated carbocycles. The number of urea groups is 1. The summed E-state index contributed by atoms with van der Waals surface area (Å²) in [5.41, 5.74) is 6.65. The van der Waals surface area contributed by atoms with Gasteiger partial charge in [0.25, 0.3) is 10.0 Å². The van der Waals surface area contributed by atoms with Gasteiger partial charge < -0.3 is 15.5 Å². The van der Waals surface area contributed by atoms with Gasteiger partial charge in [-0.15, -0.1) is 0 Å². The van der Waals surface area contributed by atoms with E-state index in [2.05, 4.69) is 0 Å². The maximum Gasteiger partial charge on any atom is 0.331 e. The van der Waals surface area contributed by atoms with Crippen LogP contribution in [0.25, 0.3) is 0 Å². The van der Waals surface area contributed by atoms with Gasteiger partial charge in [-0.1, -0.05) is 17.7 Å². The Balaban J connectivity index is 1.50. The van der Waals surface area contributed by atoms with Crippen molar-refractivity contribution in [3.05, 3.63) is 65.0 Å². The summed E-state index contributed by atoms with van der Waals surface area (Å²) in [6.07, 6.45) is -0.319. The Morgan fingerprint density at radius 2 is 1.53 bits per heavy atom. The van der Waals surface area contributed by atoms with Crippen molar-refractivity contribution in [1.82, 2.24) is 14.5 Å². The normalized spacial score (nSPS) is 15.2. The highest BCUT2D eigenvalue weighted by molar-refractivity contribution is 7.90. The average Bonchev–Trinajstić information content (AvgIpc) is 2.77. The van der Waals surface area contributed by atoms with Gasteiger partial charge in [0.2, 0.25) is 5.91 Å². The summed E-state index contributed by atoms with van der Waals surface area (Å²) in [5, 5.41) is 0. The fourth-order valence-corrected chi connectivity index (χ4v) is 4.51. The fraction of sp³-hybridized carbons (Fsp3) is 0.364. The molecule has 1 heterocycles. The maximum atomic E-state index is 13.8. The SMILES string of the molecule is Cc1ccc(S(=O)(=O)NC(=O)N2CCN(C(=O)C[C@H](N)Cc3cc(F)c(F)cc3F)CC2)cc1. The largest absolute Gasteiger partial charge is 0.339 e. The number of nitrogens with two attached hydrogens (primary N) is 1. The number of hydrogen-bond donors (Lipinski definition) is 2. The number of rotatable bonds is 6. The standard InChI is InChI=1S/C22H25F3N4O4S/c1-14-2-4-17(5-3-14)34(32,33)27-22(31)29-8-6-28(7-9-29)21(30)12-16(26)10-15-11-19(24)20(25)13-18(15)23/h2-5,11,13,16H,6-10,12,26H2,1H3,(H,27,31)/t16-/m1/s1. The molecule has 12 heteroatoms. The Kier molecular flexibility index (Phi) is 7.82. The zero-order valence-electron chi connectivity index (χ0n) is 18.4. The molecule has 0 unspecified atom stereocenters. The molecule has 3 N–H and O–H groups in total. The summed E-state index contributed by atoms with van der Waals surface area (Å²) in [4.78, 5) is 27.6. The van der Waals surface area contributed by atoms with E-state index in [1.165, 1.54) is 21.9 Å². The number of amides is 3. The molecule has 3 amide bonds. The van der Waals surface area contributed by atoms with Crippen LogP contribution in [0.4, 0.5) is 18.0 Å². The molecule has 0 aromatic heterocycles. The Morgan fingerprint density at radius 1 is 0.971 bits per heavy atom. The van der Waals surface area contributed by atoms with Crippen molar-refractivity contribution >= 4 is 22.0 Å². The zero-order valence-corrected chi connectivity index (χ0v) is 19.2. The van der Waals surface area contributed by atoms with Gasteiger partial charge in [-0.2, -0.15) is 0 Å². The van der Waals surface area contributed by atoms with Crippen LogP contribution in [0.1, 0.15) is 17.5 Å². The van der Waals surface area contributed by atoms with E-state index >= 15 is 0 Å². The third-order valence-corrected chi connectivity index (χ3v) is 6.82. The van der Waals surface area contributed by atoms with Crippen LogP contribution in [0.5, 0.6) is 0 Å². The molecular weight excluding hydrogens is 473 g/mol. The lowest BCUT2D eigenvalue weighted by Gasteiger charge is -2.35. The number of nitrogens with one attached hydrogen (secondary N) is 1. The topological polar surface area (TPSA) is 113 Å². The molecule has 1 aliphatic rings. The van der Waals surface area contributed by atoms with Crippen LogP contribution >= 0.6 is 0 Å². The Morgan fingerprint density at radius 3 is 2.15 bits per heavy atom. The Hall–Kier alpha value is -3.12. The predicted molar refractivity (Wildman–Crippen MR) is 118 cm³/mol. The van der Waals surface area contributed by atoms with E-state index in [1.807, 2.05) is 11.6 Å². The van der Waals surface area contributed by atoms with Gasteiger partial charge in [0.05, 0.1) is 4.90 Å². The van der Waals surface area contributed by atoms with Crippen LogP contribution in [0.15, 0.2) is 41.3 Å². The van der Waals surface area contributed by atoms with Gasteiger partial charge in [0.15, 0.2) is 11.6 Å². The number of aryl methyl sites for hydroxylation is 1. The number of carbonyl (C=O) groups excluding carboxylic acids is 2. The quantitative estimate of drug-likeness (QED) is 0.591. The second kappa shape index (κ2) is 10.4. The van der Waals surface area contributed by atoms with Crippen LogP contribution < -0.4 is 10.5 Å². The average molecular weight is 499 g/mol. The smallest absolute Gasteiger partial charge is 0.331 e. The predicted octanol–water partition coefficient (Wildman–Crippen LogP) is 1.91. The minimum Gasteiger partial charge on any atom is -0.339 e. The van der Waals surface area contributed by atoms with Gasteiger partial charge in [-0.05, 0) is 37.1 Å². The van der Waals surface area contributed by atoms with E-state index in [-0.39, 0.29) is 55.4 Å². The zero-order chi connectivity index (χ0) is 25.0. The van der Waals surface area contributed by atoms with E-state index in [9.17, 15) is 31.2 Å². The number of halogens is 3. The van der Waals surface area contributed by atoms with Crippen LogP contribution in [-0.4, -0.2) is 62.4 Å². The maximum absolute atomic E-state index is 13.8. The van der Waals surface area contributed by atoms with Crippen LogP contribution in [0, 0.1) is 24.4 Å². The molecule has 184 valence electrons. The number of hydrogen-bond acceptors (Lipinski definition) is 5. The molecule has 3 rings (SSSR count). The fourth-order valence-electron chi connectivity index (χ4n) is 3.54. The molecule has 1 fully saturated rings. The Bertz CT molecular complexity index is 1170. The molecule has 0 radical (unpaired) electrons. The molecule has 0 bridgehead atoms. The van der Waals surface area contributed by atoms with Crippen LogP contribution in [-0.2, 0) is 21.2 Å². The summed E-state index contributed by atoms with van der Waals surface area (Å²) in [6.45, 7) is 2.33. The first-order chi connectivity index (χ1) is 16.0. The molecule has 2 aromatic rings. The number of nitrogens with zero attached hydrogens (tertiary/aromatic N) is 2. The lowest BCUT2D eigenvalue weighted by atomic mass is 10.0. The van der Waals surface area contributed by atoms with E-state index < -0.39 is 39.5 Å². The summed E-state index contributed by atoms with van der Waals surface area (Å²) in [7, 11) is -4.03. The number of carbonyl (C=O) groups is 2. The second-order valence-electron chi connectivity index (χ2n) is 8.12. The van der Waals surface area contributed by atoms with Crippen molar-refractivity contribution in [3.8, 4) is 0 Å². The molecule has 0 aliphatic carbocycles. The highest BCUT2D eigenvalue weighted by Crippen LogP contribution is 2.17. The number of benzene rings is 2. The van der Waals surface area contributed by atoms with E-state index in [4.69, 9.17) is 5.73 Å². The van der Waals surface area contributed by atoms with Crippen molar-refractivity contribution in [2.75, 3.05) is 26.2 Å². The lowest BCUT2D eigenvalue weighted by Crippen LogP contribution is -2.54. The van der Waals surface area contributed by atoms with Crippen molar-refractivity contribution in [2.45, 2.75) is 30.7 Å². The van der Waals surface area contributed by atoms with Crippen molar-refractivity contribution in [3.63, 3.8) is 0 Å². The molecule has 2 aromatic carbocycles. The van der Waals surface area contributed by atoms with E-state index in [0.717, 1.165) is 11.6 Å². The van der Waals surface area contributed by atoms with Gasteiger partial charge in [-0.3, -0.25) is 4.79 Å². The summed E-state index contributed by atoms with van der Waals surface area (Å²) in [5.74, 6) is -3.79. The van der Waals surface area contributed by atoms with E-state index in [1.54, 1.807) is 12.1 Å². The first-order valence-corrected chi connectivity index (χ1v) is 12.0. The van der Waals surface area contributed by atoms with Gasteiger partial charge in [0.1, 0.15) is 5.82 Å². The monoisotopic (exact) mass is 498 g/mol. The van der Waals surface area contributed by atoms with E-state index in [0.29, 0.717) is 6.07 Å².